The highest BCUT2D eigenvalue weighted by Crippen LogP contribution is 2.33. The van der Waals surface area contributed by atoms with Gasteiger partial charge in [-0.15, -0.1) is 0 Å². The van der Waals surface area contributed by atoms with Crippen molar-refractivity contribution in [2.75, 3.05) is 6.79 Å². The minimum Gasteiger partial charge on any atom is -0.454 e. The van der Waals surface area contributed by atoms with Crippen LogP contribution < -0.4 is 9.47 Å². The average Bonchev–Trinajstić information content (AvgIpc) is 2.64. The number of fused-ring (bicyclic) bond motifs is 1. The molecule has 2 rings (SSSR count). The summed E-state index contributed by atoms with van der Waals surface area (Å²) in [6, 6.07) is 6.15. The molecule has 0 saturated carbocycles. The summed E-state index contributed by atoms with van der Waals surface area (Å²) in [4.78, 5) is 0.512. The number of hydrogen-bond donors (Lipinski definition) is 0. The summed E-state index contributed by atoms with van der Waals surface area (Å²) in [5.41, 5.74) is 1.29. The van der Waals surface area contributed by atoms with Crippen molar-refractivity contribution in [3.63, 3.8) is 0 Å². The third-order valence-corrected chi connectivity index (χ3v) is 3.97. The summed E-state index contributed by atoms with van der Waals surface area (Å²) in [6.45, 7) is 4.78. The van der Waals surface area contributed by atoms with E-state index in [1.54, 1.807) is 0 Å². The molecule has 0 saturated heterocycles. The molecule has 0 amide bonds. The van der Waals surface area contributed by atoms with Crippen LogP contribution in [0.5, 0.6) is 11.5 Å². The van der Waals surface area contributed by atoms with Crippen molar-refractivity contribution in [2.24, 2.45) is 5.92 Å². The minimum absolute atomic E-state index is 0.348. The fourth-order valence-corrected chi connectivity index (χ4v) is 1.90. The summed E-state index contributed by atoms with van der Waals surface area (Å²) >= 11 is 3.69. The molecule has 1 unspecified atom stereocenters. The van der Waals surface area contributed by atoms with E-state index in [2.05, 4.69) is 41.9 Å². The highest BCUT2D eigenvalue weighted by Gasteiger charge is 2.15. The Labute approximate surface area is 98.7 Å². The van der Waals surface area contributed by atoms with Crippen LogP contribution in [0.3, 0.4) is 0 Å². The normalized spacial score (nSPS) is 15.7. The van der Waals surface area contributed by atoms with Crippen molar-refractivity contribution in [3.8, 4) is 11.5 Å². The second kappa shape index (κ2) is 4.44. The lowest BCUT2D eigenvalue weighted by Crippen LogP contribution is -2.10. The lowest BCUT2D eigenvalue weighted by Gasteiger charge is -2.13. The third kappa shape index (κ3) is 2.46. The van der Waals surface area contributed by atoms with E-state index >= 15 is 0 Å². The maximum absolute atomic E-state index is 5.34. The van der Waals surface area contributed by atoms with Crippen LogP contribution in [0.25, 0.3) is 0 Å². The smallest absolute Gasteiger partial charge is 0.231 e. The van der Waals surface area contributed by atoms with Crippen LogP contribution >= 0.6 is 15.9 Å². The van der Waals surface area contributed by atoms with Crippen LogP contribution in [-0.2, 0) is 6.42 Å². The van der Waals surface area contributed by atoms with Crippen molar-refractivity contribution < 1.29 is 9.47 Å². The summed E-state index contributed by atoms with van der Waals surface area (Å²) in [6.07, 6.45) is 1.02. The quantitative estimate of drug-likeness (QED) is 0.785. The Morgan fingerprint density at radius 3 is 2.73 bits per heavy atom. The monoisotopic (exact) mass is 270 g/mol. The fourth-order valence-electron chi connectivity index (χ4n) is 1.53. The van der Waals surface area contributed by atoms with Gasteiger partial charge in [0, 0.05) is 4.83 Å². The molecular weight excluding hydrogens is 256 g/mol. The molecule has 0 aliphatic carbocycles. The zero-order valence-electron chi connectivity index (χ0n) is 9.00. The van der Waals surface area contributed by atoms with Crippen LogP contribution in [0.2, 0.25) is 0 Å². The first-order valence-corrected chi connectivity index (χ1v) is 6.11. The maximum Gasteiger partial charge on any atom is 0.231 e. The van der Waals surface area contributed by atoms with Crippen LogP contribution in [-0.4, -0.2) is 11.6 Å². The first kappa shape index (κ1) is 10.8. The SMILES string of the molecule is CC(C)C(Br)Cc1ccc2c(c1)OCO2. The van der Waals surface area contributed by atoms with Crippen LogP contribution in [0, 0.1) is 5.92 Å². The molecule has 0 bridgehead atoms. The van der Waals surface area contributed by atoms with Crippen molar-refractivity contribution in [3.05, 3.63) is 23.8 Å². The molecule has 1 aromatic rings. The van der Waals surface area contributed by atoms with Gasteiger partial charge in [0.25, 0.3) is 0 Å². The van der Waals surface area contributed by atoms with Crippen LogP contribution in [0.4, 0.5) is 0 Å². The summed E-state index contributed by atoms with van der Waals surface area (Å²) < 4.78 is 10.6. The molecule has 0 radical (unpaired) electrons. The van der Waals surface area contributed by atoms with Gasteiger partial charge in [0.05, 0.1) is 0 Å². The van der Waals surface area contributed by atoms with Crippen molar-refractivity contribution in [1.29, 1.82) is 0 Å². The van der Waals surface area contributed by atoms with Crippen molar-refractivity contribution in [1.82, 2.24) is 0 Å². The van der Waals surface area contributed by atoms with E-state index in [1.165, 1.54) is 5.56 Å². The first-order valence-electron chi connectivity index (χ1n) is 5.19. The van der Waals surface area contributed by atoms with Gasteiger partial charge in [-0.1, -0.05) is 35.8 Å². The molecule has 3 heteroatoms. The lowest BCUT2D eigenvalue weighted by molar-refractivity contribution is 0.174. The Morgan fingerprint density at radius 1 is 1.27 bits per heavy atom. The number of benzene rings is 1. The van der Waals surface area contributed by atoms with Gasteiger partial charge in [-0.25, -0.2) is 0 Å². The summed E-state index contributed by atoms with van der Waals surface area (Å²) in [7, 11) is 0. The van der Waals surface area contributed by atoms with Crippen LogP contribution in [0.1, 0.15) is 19.4 Å². The summed E-state index contributed by atoms with van der Waals surface area (Å²) in [5.74, 6) is 2.36. The second-order valence-corrected chi connectivity index (χ2v) is 5.33. The largest absolute Gasteiger partial charge is 0.454 e. The maximum atomic E-state index is 5.34. The van der Waals surface area contributed by atoms with E-state index in [-0.39, 0.29) is 0 Å². The Balaban J connectivity index is 2.10. The first-order chi connectivity index (χ1) is 7.16. The number of alkyl halides is 1. The molecule has 0 N–H and O–H groups in total. The predicted octanol–water partition coefficient (Wildman–Crippen LogP) is 3.38. The van der Waals surface area contributed by atoms with E-state index in [9.17, 15) is 0 Å². The minimum atomic E-state index is 0.348. The molecule has 1 aliphatic rings. The Kier molecular flexibility index (Phi) is 3.19. The van der Waals surface area contributed by atoms with Gasteiger partial charge < -0.3 is 9.47 Å². The molecule has 0 aromatic heterocycles. The molecular formula is C12H15BrO2. The molecule has 82 valence electrons. The highest BCUT2D eigenvalue weighted by atomic mass is 79.9. The third-order valence-electron chi connectivity index (χ3n) is 2.59. The standard InChI is InChI=1S/C12H15BrO2/c1-8(2)10(13)5-9-3-4-11-12(6-9)15-7-14-11/h3-4,6,8,10H,5,7H2,1-2H3. The van der Waals surface area contributed by atoms with Gasteiger partial charge in [0.2, 0.25) is 6.79 Å². The molecule has 2 nitrogen and oxygen atoms in total. The van der Waals surface area contributed by atoms with Gasteiger partial charge >= 0.3 is 0 Å². The Hall–Kier alpha value is -0.700. The average molecular weight is 271 g/mol. The number of halogens is 1. The van der Waals surface area contributed by atoms with Crippen molar-refractivity contribution >= 4 is 15.9 Å². The molecule has 1 heterocycles. The zero-order chi connectivity index (χ0) is 10.8. The van der Waals surface area contributed by atoms with Crippen molar-refractivity contribution in [2.45, 2.75) is 25.1 Å². The van der Waals surface area contributed by atoms with E-state index in [0.29, 0.717) is 17.5 Å². The van der Waals surface area contributed by atoms with Gasteiger partial charge in [-0.05, 0) is 30.0 Å². The topological polar surface area (TPSA) is 18.5 Å². The highest BCUT2D eigenvalue weighted by molar-refractivity contribution is 9.09. The zero-order valence-corrected chi connectivity index (χ0v) is 10.6. The lowest BCUT2D eigenvalue weighted by atomic mass is 10.0. The summed E-state index contributed by atoms with van der Waals surface area (Å²) in [5, 5.41) is 0. The van der Waals surface area contributed by atoms with E-state index in [0.717, 1.165) is 17.9 Å². The number of hydrogen-bond acceptors (Lipinski definition) is 2. The Morgan fingerprint density at radius 2 is 2.00 bits per heavy atom. The van der Waals surface area contributed by atoms with Gasteiger partial charge in [-0.3, -0.25) is 0 Å². The molecule has 0 fully saturated rings. The van der Waals surface area contributed by atoms with Crippen LogP contribution in [0.15, 0.2) is 18.2 Å². The molecule has 1 aliphatic heterocycles. The van der Waals surface area contributed by atoms with E-state index in [4.69, 9.17) is 9.47 Å². The number of ether oxygens (including phenoxy) is 2. The van der Waals surface area contributed by atoms with E-state index in [1.807, 2.05) is 6.07 Å². The van der Waals surface area contributed by atoms with Gasteiger partial charge in [0.15, 0.2) is 11.5 Å². The van der Waals surface area contributed by atoms with Gasteiger partial charge in [0.1, 0.15) is 0 Å². The molecule has 0 spiro atoms. The molecule has 1 aromatic carbocycles. The fraction of sp³-hybridized carbons (Fsp3) is 0.500. The predicted molar refractivity (Wildman–Crippen MR) is 63.8 cm³/mol. The van der Waals surface area contributed by atoms with Gasteiger partial charge in [-0.2, -0.15) is 0 Å². The van der Waals surface area contributed by atoms with E-state index < -0.39 is 0 Å². The molecule has 1 atom stereocenters. The molecule has 15 heavy (non-hydrogen) atoms. The number of rotatable bonds is 3. The second-order valence-electron chi connectivity index (χ2n) is 4.15. The Bertz CT molecular complexity index is 349.